The molecule has 1 aliphatic heterocycles. The molecule has 0 atom stereocenters. The first kappa shape index (κ1) is 11.1. The molecule has 0 unspecified atom stereocenters. The summed E-state index contributed by atoms with van der Waals surface area (Å²) in [5.41, 5.74) is 2.80. The van der Waals surface area contributed by atoms with Crippen molar-refractivity contribution in [3.63, 3.8) is 0 Å². The van der Waals surface area contributed by atoms with Crippen molar-refractivity contribution in [1.82, 2.24) is 0 Å². The fourth-order valence-corrected chi connectivity index (χ4v) is 2.08. The molecule has 2 rings (SSSR count). The van der Waals surface area contributed by atoms with Crippen molar-refractivity contribution in [2.75, 3.05) is 19.0 Å². The van der Waals surface area contributed by atoms with E-state index in [-0.39, 0.29) is 5.91 Å². The van der Waals surface area contributed by atoms with Crippen LogP contribution in [-0.4, -0.2) is 19.6 Å². The van der Waals surface area contributed by atoms with Gasteiger partial charge in [0.2, 0.25) is 5.91 Å². The molecule has 0 bridgehead atoms. The maximum Gasteiger partial charge on any atom is 0.234 e. The van der Waals surface area contributed by atoms with Crippen LogP contribution >= 0.6 is 0 Å². The quantitative estimate of drug-likeness (QED) is 0.845. The summed E-state index contributed by atoms with van der Waals surface area (Å²) in [4.78, 5) is 11.8. The molecule has 1 amide bonds. The number of carbonyl (C=O) groups excluding carboxylic acids is 1. The van der Waals surface area contributed by atoms with E-state index >= 15 is 0 Å². The van der Waals surface area contributed by atoms with Gasteiger partial charge < -0.3 is 10.1 Å². The second-order valence-electron chi connectivity index (χ2n) is 4.66. The maximum absolute atomic E-state index is 11.8. The van der Waals surface area contributed by atoms with Crippen molar-refractivity contribution in [2.24, 2.45) is 0 Å². The third-order valence-electron chi connectivity index (χ3n) is 3.21. The highest BCUT2D eigenvalue weighted by molar-refractivity contribution is 6.06. The van der Waals surface area contributed by atoms with Crippen LogP contribution in [0.2, 0.25) is 0 Å². The Morgan fingerprint density at radius 2 is 2.12 bits per heavy atom. The molecule has 0 spiro atoms. The Labute approximate surface area is 95.8 Å². The van der Waals surface area contributed by atoms with Gasteiger partial charge in [0.25, 0.3) is 0 Å². The number of anilines is 1. The lowest BCUT2D eigenvalue weighted by Crippen LogP contribution is -2.26. The van der Waals surface area contributed by atoms with Gasteiger partial charge in [-0.05, 0) is 31.4 Å². The Bertz CT molecular complexity index is 424. The number of methoxy groups -OCH3 is 1. The first-order valence-corrected chi connectivity index (χ1v) is 5.50. The van der Waals surface area contributed by atoms with Crippen LogP contribution in [0, 0.1) is 0 Å². The number of para-hydroxylation sites is 1. The van der Waals surface area contributed by atoms with Crippen LogP contribution in [-0.2, 0) is 21.4 Å². The van der Waals surface area contributed by atoms with Crippen molar-refractivity contribution in [3.8, 4) is 0 Å². The SMILES string of the molecule is COCCc1cccc2c1NC(=O)C2(C)C. The van der Waals surface area contributed by atoms with Crippen LogP contribution in [0.4, 0.5) is 5.69 Å². The summed E-state index contributed by atoms with van der Waals surface area (Å²) in [5.74, 6) is 0.0763. The molecule has 16 heavy (non-hydrogen) atoms. The van der Waals surface area contributed by atoms with E-state index in [4.69, 9.17) is 4.74 Å². The third-order valence-corrected chi connectivity index (χ3v) is 3.21. The predicted octanol–water partition coefficient (Wildman–Crippen LogP) is 2.11. The van der Waals surface area contributed by atoms with Crippen LogP contribution in [0.25, 0.3) is 0 Å². The van der Waals surface area contributed by atoms with Crippen LogP contribution < -0.4 is 5.32 Å². The lowest BCUT2D eigenvalue weighted by molar-refractivity contribution is -0.119. The zero-order valence-corrected chi connectivity index (χ0v) is 9.96. The average molecular weight is 219 g/mol. The first-order chi connectivity index (χ1) is 7.57. The summed E-state index contributed by atoms with van der Waals surface area (Å²) in [5, 5.41) is 2.97. The summed E-state index contributed by atoms with van der Waals surface area (Å²) in [6.07, 6.45) is 0.829. The lowest BCUT2D eigenvalue weighted by Gasteiger charge is -2.15. The number of rotatable bonds is 3. The Kier molecular flexibility index (Phi) is 2.72. The van der Waals surface area contributed by atoms with Gasteiger partial charge in [0.15, 0.2) is 0 Å². The van der Waals surface area contributed by atoms with Crippen LogP contribution in [0.15, 0.2) is 18.2 Å². The van der Waals surface area contributed by atoms with Crippen molar-refractivity contribution < 1.29 is 9.53 Å². The molecule has 1 N–H and O–H groups in total. The third kappa shape index (κ3) is 1.61. The zero-order valence-electron chi connectivity index (χ0n) is 9.96. The highest BCUT2D eigenvalue weighted by Gasteiger charge is 2.38. The number of ether oxygens (including phenoxy) is 1. The van der Waals surface area contributed by atoms with Crippen LogP contribution in [0.1, 0.15) is 25.0 Å². The minimum Gasteiger partial charge on any atom is -0.384 e. The zero-order chi connectivity index (χ0) is 11.8. The summed E-state index contributed by atoms with van der Waals surface area (Å²) < 4.78 is 5.07. The molecule has 0 fully saturated rings. The van der Waals surface area contributed by atoms with Crippen molar-refractivity contribution in [2.45, 2.75) is 25.7 Å². The van der Waals surface area contributed by atoms with E-state index in [0.717, 1.165) is 23.2 Å². The van der Waals surface area contributed by atoms with E-state index in [1.54, 1.807) is 7.11 Å². The Morgan fingerprint density at radius 3 is 2.81 bits per heavy atom. The van der Waals surface area contributed by atoms with Crippen molar-refractivity contribution in [3.05, 3.63) is 29.3 Å². The van der Waals surface area contributed by atoms with E-state index in [1.165, 1.54) is 0 Å². The van der Waals surface area contributed by atoms with Gasteiger partial charge in [-0.15, -0.1) is 0 Å². The minimum atomic E-state index is -0.418. The van der Waals surface area contributed by atoms with E-state index in [2.05, 4.69) is 5.32 Å². The standard InChI is InChI=1S/C13H17NO2/c1-13(2)10-6-4-5-9(7-8-16-3)11(10)14-12(13)15/h4-6H,7-8H2,1-3H3,(H,14,15). The number of benzene rings is 1. The predicted molar refractivity (Wildman–Crippen MR) is 63.7 cm³/mol. The molecule has 3 heteroatoms. The largest absolute Gasteiger partial charge is 0.384 e. The second-order valence-corrected chi connectivity index (χ2v) is 4.66. The highest BCUT2D eigenvalue weighted by Crippen LogP contribution is 2.39. The molecule has 1 aromatic rings. The molecular weight excluding hydrogens is 202 g/mol. The summed E-state index contributed by atoms with van der Waals surface area (Å²) in [6, 6.07) is 6.06. The fourth-order valence-electron chi connectivity index (χ4n) is 2.08. The lowest BCUT2D eigenvalue weighted by atomic mass is 9.85. The molecule has 1 aromatic carbocycles. The maximum atomic E-state index is 11.8. The molecule has 0 aliphatic carbocycles. The number of fused-ring (bicyclic) bond motifs is 1. The molecule has 1 heterocycles. The van der Waals surface area contributed by atoms with E-state index in [1.807, 2.05) is 32.0 Å². The second kappa shape index (κ2) is 3.91. The highest BCUT2D eigenvalue weighted by atomic mass is 16.5. The molecule has 0 saturated carbocycles. The number of carbonyl (C=O) groups is 1. The van der Waals surface area contributed by atoms with E-state index in [0.29, 0.717) is 6.61 Å². The normalized spacial score (nSPS) is 17.1. The van der Waals surface area contributed by atoms with Gasteiger partial charge >= 0.3 is 0 Å². The minimum absolute atomic E-state index is 0.0763. The average Bonchev–Trinajstić information content (AvgIpc) is 2.49. The van der Waals surface area contributed by atoms with E-state index in [9.17, 15) is 4.79 Å². The number of amides is 1. The summed E-state index contributed by atoms with van der Waals surface area (Å²) in [7, 11) is 1.69. The molecule has 3 nitrogen and oxygen atoms in total. The van der Waals surface area contributed by atoms with E-state index < -0.39 is 5.41 Å². The number of hydrogen-bond acceptors (Lipinski definition) is 2. The molecular formula is C13H17NO2. The van der Waals surface area contributed by atoms with Gasteiger partial charge in [-0.2, -0.15) is 0 Å². The molecule has 0 saturated heterocycles. The van der Waals surface area contributed by atoms with Gasteiger partial charge in [-0.3, -0.25) is 4.79 Å². The van der Waals surface area contributed by atoms with Crippen LogP contribution in [0.3, 0.4) is 0 Å². The summed E-state index contributed by atoms with van der Waals surface area (Å²) in [6.45, 7) is 4.58. The van der Waals surface area contributed by atoms with Gasteiger partial charge in [-0.25, -0.2) is 0 Å². The van der Waals surface area contributed by atoms with Gasteiger partial charge in [-0.1, -0.05) is 18.2 Å². The summed E-state index contributed by atoms with van der Waals surface area (Å²) >= 11 is 0. The van der Waals surface area contributed by atoms with Crippen molar-refractivity contribution in [1.29, 1.82) is 0 Å². The van der Waals surface area contributed by atoms with Gasteiger partial charge in [0.05, 0.1) is 12.0 Å². The fraction of sp³-hybridized carbons (Fsp3) is 0.462. The topological polar surface area (TPSA) is 38.3 Å². The number of hydrogen-bond donors (Lipinski definition) is 1. The smallest absolute Gasteiger partial charge is 0.234 e. The molecule has 0 radical (unpaired) electrons. The van der Waals surface area contributed by atoms with Crippen LogP contribution in [0.5, 0.6) is 0 Å². The monoisotopic (exact) mass is 219 g/mol. The first-order valence-electron chi connectivity index (χ1n) is 5.50. The molecule has 0 aromatic heterocycles. The Balaban J connectivity index is 2.40. The Morgan fingerprint density at radius 1 is 1.38 bits per heavy atom. The number of nitrogens with one attached hydrogen (secondary N) is 1. The molecule has 86 valence electrons. The Hall–Kier alpha value is -1.35. The van der Waals surface area contributed by atoms with Gasteiger partial charge in [0, 0.05) is 12.8 Å². The molecule has 1 aliphatic rings. The van der Waals surface area contributed by atoms with Crippen molar-refractivity contribution >= 4 is 11.6 Å². The van der Waals surface area contributed by atoms with Gasteiger partial charge in [0.1, 0.15) is 0 Å².